The smallest absolute Gasteiger partial charge is 0.255 e. The van der Waals surface area contributed by atoms with Gasteiger partial charge in [0.2, 0.25) is 0 Å². The van der Waals surface area contributed by atoms with Crippen LogP contribution >= 0.6 is 0 Å². The molecule has 2 aromatic rings. The summed E-state index contributed by atoms with van der Waals surface area (Å²) in [6.45, 7) is 2.14. The van der Waals surface area contributed by atoms with E-state index in [1.807, 2.05) is 30.3 Å². The number of nitrogens with one attached hydrogen (secondary N) is 1. The van der Waals surface area contributed by atoms with Crippen LogP contribution in [0.2, 0.25) is 0 Å². The summed E-state index contributed by atoms with van der Waals surface area (Å²) in [5.74, 6) is 0.412. The van der Waals surface area contributed by atoms with Crippen LogP contribution in [-0.4, -0.2) is 13.0 Å². The third-order valence-corrected chi connectivity index (χ3v) is 3.58. The highest BCUT2D eigenvalue weighted by atomic mass is 16.5. The summed E-state index contributed by atoms with van der Waals surface area (Å²) in [6, 6.07) is 14.9. The molecule has 1 N–H and O–H groups in total. The summed E-state index contributed by atoms with van der Waals surface area (Å²) in [4.78, 5) is 12.4. The second kappa shape index (κ2) is 8.54. The van der Waals surface area contributed by atoms with E-state index in [9.17, 15) is 4.79 Å². The van der Waals surface area contributed by atoms with Gasteiger partial charge in [-0.3, -0.25) is 4.79 Å². The Labute approximate surface area is 142 Å². The first-order chi connectivity index (χ1) is 11.7. The molecule has 122 valence electrons. The number of amides is 1. The van der Waals surface area contributed by atoms with Crippen molar-refractivity contribution in [1.82, 2.24) is 0 Å². The number of nitriles is 1. The predicted octanol–water partition coefficient (Wildman–Crippen LogP) is 4.44. The Bertz CT molecular complexity index is 771. The lowest BCUT2D eigenvalue weighted by Gasteiger charge is -2.09. The molecular formula is C20H20N2O2. The Kier molecular flexibility index (Phi) is 6.16. The van der Waals surface area contributed by atoms with E-state index < -0.39 is 0 Å². The van der Waals surface area contributed by atoms with Crippen molar-refractivity contribution in [3.8, 4) is 11.8 Å². The minimum atomic E-state index is -0.201. The first-order valence-electron chi connectivity index (χ1n) is 7.82. The average Bonchev–Trinajstić information content (AvgIpc) is 2.61. The number of allylic oxidation sites excluding steroid dienone is 1. The summed E-state index contributed by atoms with van der Waals surface area (Å²) in [5.41, 5.74) is 3.20. The minimum Gasteiger partial charge on any atom is -0.496 e. The summed E-state index contributed by atoms with van der Waals surface area (Å²) in [6.07, 6.45) is 5.10. The monoisotopic (exact) mass is 320 g/mol. The lowest BCUT2D eigenvalue weighted by molar-refractivity contribution is 0.102. The number of ether oxygens (including phenoxy) is 1. The highest BCUT2D eigenvalue weighted by Crippen LogP contribution is 2.22. The molecule has 0 radical (unpaired) electrons. The Balaban J connectivity index is 2.17. The van der Waals surface area contributed by atoms with Crippen LogP contribution in [0.1, 0.15) is 34.8 Å². The molecule has 0 atom stereocenters. The molecule has 0 aliphatic rings. The van der Waals surface area contributed by atoms with Crippen molar-refractivity contribution in [3.05, 3.63) is 65.2 Å². The molecule has 0 bridgehead atoms. The number of anilines is 1. The van der Waals surface area contributed by atoms with Crippen molar-refractivity contribution in [2.75, 3.05) is 12.4 Å². The van der Waals surface area contributed by atoms with E-state index in [1.165, 1.54) is 11.6 Å². The number of rotatable bonds is 6. The molecule has 2 aromatic carbocycles. The normalized spacial score (nSPS) is 10.4. The average molecular weight is 320 g/mol. The van der Waals surface area contributed by atoms with Gasteiger partial charge < -0.3 is 10.1 Å². The van der Waals surface area contributed by atoms with Gasteiger partial charge in [-0.2, -0.15) is 5.26 Å². The van der Waals surface area contributed by atoms with E-state index >= 15 is 0 Å². The van der Waals surface area contributed by atoms with Gasteiger partial charge in [-0.1, -0.05) is 25.5 Å². The largest absolute Gasteiger partial charge is 0.496 e. The number of nitrogens with zero attached hydrogens (tertiary/aromatic N) is 1. The van der Waals surface area contributed by atoms with Gasteiger partial charge in [0.05, 0.1) is 13.2 Å². The number of carbonyl (C=O) groups is 1. The van der Waals surface area contributed by atoms with Crippen molar-refractivity contribution in [3.63, 3.8) is 0 Å². The van der Waals surface area contributed by atoms with Crippen LogP contribution in [0.15, 0.2) is 48.5 Å². The minimum absolute atomic E-state index is 0.201. The third kappa shape index (κ3) is 4.47. The third-order valence-electron chi connectivity index (χ3n) is 3.58. The molecule has 0 saturated heterocycles. The van der Waals surface area contributed by atoms with Gasteiger partial charge in [-0.25, -0.2) is 0 Å². The van der Waals surface area contributed by atoms with Crippen LogP contribution < -0.4 is 10.1 Å². The molecule has 0 heterocycles. The van der Waals surface area contributed by atoms with Gasteiger partial charge in [-0.05, 0) is 48.4 Å². The topological polar surface area (TPSA) is 62.1 Å². The molecule has 0 spiro atoms. The quantitative estimate of drug-likeness (QED) is 0.801. The molecule has 0 aliphatic heterocycles. The maximum atomic E-state index is 12.4. The van der Waals surface area contributed by atoms with Gasteiger partial charge >= 0.3 is 0 Å². The van der Waals surface area contributed by atoms with Gasteiger partial charge in [0, 0.05) is 22.9 Å². The fraction of sp³-hybridized carbons (Fsp3) is 0.200. The molecule has 0 aliphatic carbocycles. The van der Waals surface area contributed by atoms with Crippen LogP contribution in [0.4, 0.5) is 5.69 Å². The standard InChI is InChI=1S/C20H20N2O2/c1-3-5-15-7-10-18(11-8-15)22-20(23)17-9-12-19(24-2)16(14-17)6-4-13-21/h4,6-12,14H,3,5H2,1-2H3,(H,22,23)/b6-4+. The van der Waals surface area contributed by atoms with E-state index in [2.05, 4.69) is 12.2 Å². The number of hydrogen-bond acceptors (Lipinski definition) is 3. The second-order valence-electron chi connectivity index (χ2n) is 5.32. The van der Waals surface area contributed by atoms with Crippen molar-refractivity contribution >= 4 is 17.7 Å². The Morgan fingerprint density at radius 2 is 2.00 bits per heavy atom. The molecule has 0 fully saturated rings. The van der Waals surface area contributed by atoms with E-state index in [0.717, 1.165) is 18.5 Å². The van der Waals surface area contributed by atoms with Crippen LogP contribution in [0.5, 0.6) is 5.75 Å². The number of carbonyl (C=O) groups excluding carboxylic acids is 1. The second-order valence-corrected chi connectivity index (χ2v) is 5.32. The van der Waals surface area contributed by atoms with Crippen LogP contribution in [0, 0.1) is 11.3 Å². The van der Waals surface area contributed by atoms with E-state index in [0.29, 0.717) is 16.9 Å². The summed E-state index contributed by atoms with van der Waals surface area (Å²) >= 11 is 0. The summed E-state index contributed by atoms with van der Waals surface area (Å²) in [5, 5.41) is 11.5. The fourth-order valence-electron chi connectivity index (χ4n) is 2.38. The van der Waals surface area contributed by atoms with Crippen LogP contribution in [-0.2, 0) is 6.42 Å². The summed E-state index contributed by atoms with van der Waals surface area (Å²) in [7, 11) is 1.55. The molecule has 4 nitrogen and oxygen atoms in total. The lowest BCUT2D eigenvalue weighted by Crippen LogP contribution is -2.12. The molecule has 2 rings (SSSR count). The number of methoxy groups -OCH3 is 1. The summed E-state index contributed by atoms with van der Waals surface area (Å²) < 4.78 is 5.24. The van der Waals surface area contributed by atoms with Crippen molar-refractivity contribution < 1.29 is 9.53 Å². The number of aryl methyl sites for hydroxylation is 1. The van der Waals surface area contributed by atoms with Crippen molar-refractivity contribution in [2.24, 2.45) is 0 Å². The molecular weight excluding hydrogens is 300 g/mol. The molecule has 4 heteroatoms. The van der Waals surface area contributed by atoms with Gasteiger partial charge in [0.25, 0.3) is 5.91 Å². The van der Waals surface area contributed by atoms with Gasteiger partial charge in [-0.15, -0.1) is 0 Å². The molecule has 0 unspecified atom stereocenters. The van der Waals surface area contributed by atoms with Gasteiger partial charge in [0.1, 0.15) is 5.75 Å². The highest BCUT2D eigenvalue weighted by molar-refractivity contribution is 6.04. The molecule has 0 aromatic heterocycles. The maximum Gasteiger partial charge on any atom is 0.255 e. The molecule has 1 amide bonds. The van der Waals surface area contributed by atoms with Crippen LogP contribution in [0.3, 0.4) is 0 Å². The van der Waals surface area contributed by atoms with Gasteiger partial charge in [0.15, 0.2) is 0 Å². The first-order valence-corrected chi connectivity index (χ1v) is 7.82. The number of benzene rings is 2. The van der Waals surface area contributed by atoms with E-state index in [-0.39, 0.29) is 5.91 Å². The Morgan fingerprint density at radius 3 is 2.62 bits per heavy atom. The lowest BCUT2D eigenvalue weighted by atomic mass is 10.1. The SMILES string of the molecule is CCCc1ccc(NC(=O)c2ccc(OC)c(/C=C/C#N)c2)cc1. The molecule has 0 saturated carbocycles. The number of hydrogen-bond donors (Lipinski definition) is 1. The van der Waals surface area contributed by atoms with Crippen molar-refractivity contribution in [1.29, 1.82) is 5.26 Å². The van der Waals surface area contributed by atoms with Crippen LogP contribution in [0.25, 0.3) is 6.08 Å². The fourth-order valence-corrected chi connectivity index (χ4v) is 2.38. The van der Waals surface area contributed by atoms with E-state index in [1.54, 1.807) is 31.4 Å². The maximum absolute atomic E-state index is 12.4. The first kappa shape index (κ1) is 17.3. The molecule has 24 heavy (non-hydrogen) atoms. The van der Waals surface area contributed by atoms with Crippen molar-refractivity contribution in [2.45, 2.75) is 19.8 Å². The predicted molar refractivity (Wildman–Crippen MR) is 96.0 cm³/mol. The Morgan fingerprint density at radius 1 is 1.25 bits per heavy atom. The zero-order valence-corrected chi connectivity index (χ0v) is 13.9. The van der Waals surface area contributed by atoms with E-state index in [4.69, 9.17) is 10.00 Å². The Hall–Kier alpha value is -3.06. The zero-order valence-electron chi connectivity index (χ0n) is 13.9. The zero-order chi connectivity index (χ0) is 17.4. The highest BCUT2D eigenvalue weighted by Gasteiger charge is 2.09.